The van der Waals surface area contributed by atoms with Gasteiger partial charge in [-0.05, 0) is 6.54 Å². The highest BCUT2D eigenvalue weighted by Crippen LogP contribution is 2.04. The second kappa shape index (κ2) is 6.19. The molecule has 1 aromatic rings. The van der Waals surface area contributed by atoms with Crippen molar-refractivity contribution < 1.29 is 5.21 Å². The summed E-state index contributed by atoms with van der Waals surface area (Å²) in [5, 5.41) is 15.7. The quantitative estimate of drug-likeness (QED) is 0.316. The van der Waals surface area contributed by atoms with Crippen LogP contribution >= 0.6 is 0 Å². The van der Waals surface area contributed by atoms with Crippen molar-refractivity contribution in [3.63, 3.8) is 0 Å². The zero-order chi connectivity index (χ0) is 12.8. The van der Waals surface area contributed by atoms with Crippen molar-refractivity contribution in [3.05, 3.63) is 12.2 Å². The highest BCUT2D eigenvalue weighted by molar-refractivity contribution is 5.82. The van der Waals surface area contributed by atoms with Gasteiger partial charge in [-0.15, -0.1) is 0 Å². The van der Waals surface area contributed by atoms with Crippen molar-refractivity contribution in [2.24, 2.45) is 23.9 Å². The van der Waals surface area contributed by atoms with Gasteiger partial charge in [-0.2, -0.15) is 5.10 Å². The minimum Gasteiger partial charge on any atom is -0.409 e. The van der Waals surface area contributed by atoms with Crippen LogP contribution in [0.15, 0.2) is 11.5 Å². The van der Waals surface area contributed by atoms with Gasteiger partial charge in [-0.1, -0.05) is 19.0 Å². The van der Waals surface area contributed by atoms with E-state index in [0.29, 0.717) is 6.54 Å². The minimum atomic E-state index is 0.00757. The largest absolute Gasteiger partial charge is 0.409 e. The first kappa shape index (κ1) is 13.4. The Balaban J connectivity index is 2.58. The maximum absolute atomic E-state index is 8.61. The van der Waals surface area contributed by atoms with Crippen LogP contribution in [0.2, 0.25) is 0 Å². The Labute approximate surface area is 101 Å². The molecule has 17 heavy (non-hydrogen) atoms. The molecule has 1 heterocycles. The molecule has 7 heteroatoms. The second-order valence-corrected chi connectivity index (χ2v) is 4.05. The average Bonchev–Trinajstić information content (AvgIpc) is 2.72. The molecule has 3 N–H and O–H groups in total. The molecule has 0 saturated heterocycles. The molecule has 1 unspecified atom stereocenters. The van der Waals surface area contributed by atoms with Crippen molar-refractivity contribution in [1.82, 2.24) is 19.7 Å². The smallest absolute Gasteiger partial charge is 0.143 e. The van der Waals surface area contributed by atoms with Crippen molar-refractivity contribution in [3.8, 4) is 0 Å². The highest BCUT2D eigenvalue weighted by Gasteiger charge is 2.14. The number of aryl methyl sites for hydroxylation is 1. The zero-order valence-corrected chi connectivity index (χ0v) is 10.5. The predicted molar refractivity (Wildman–Crippen MR) is 64.5 cm³/mol. The van der Waals surface area contributed by atoms with E-state index in [1.165, 1.54) is 6.33 Å². The van der Waals surface area contributed by atoms with Crippen LogP contribution in [0.1, 0.15) is 19.7 Å². The molecule has 0 fully saturated rings. The van der Waals surface area contributed by atoms with E-state index in [1.54, 1.807) is 4.68 Å². The molecule has 0 amide bonds. The van der Waals surface area contributed by atoms with Gasteiger partial charge in [0.1, 0.15) is 18.0 Å². The molecule has 1 rings (SSSR count). The monoisotopic (exact) mass is 240 g/mol. The van der Waals surface area contributed by atoms with Crippen molar-refractivity contribution in [2.45, 2.75) is 20.4 Å². The molecule has 0 radical (unpaired) electrons. The molecule has 96 valence electrons. The van der Waals surface area contributed by atoms with Crippen molar-refractivity contribution >= 4 is 5.84 Å². The number of aromatic nitrogens is 3. The third-order valence-corrected chi connectivity index (χ3v) is 2.77. The molecule has 7 nitrogen and oxygen atoms in total. The number of nitrogens with two attached hydrogens (primary N) is 1. The normalized spacial score (nSPS) is 14.2. The van der Waals surface area contributed by atoms with Gasteiger partial charge in [0, 0.05) is 19.5 Å². The number of hydrogen-bond acceptors (Lipinski definition) is 5. The minimum absolute atomic E-state index is 0.00757. The van der Waals surface area contributed by atoms with Gasteiger partial charge in [0.05, 0.1) is 6.54 Å². The molecule has 0 spiro atoms. The van der Waals surface area contributed by atoms with Crippen LogP contribution in [-0.2, 0) is 13.6 Å². The lowest BCUT2D eigenvalue weighted by atomic mass is 10.1. The number of amidine groups is 1. The Bertz CT molecular complexity index is 375. The third kappa shape index (κ3) is 3.70. The lowest BCUT2D eigenvalue weighted by molar-refractivity contribution is 0.249. The second-order valence-electron chi connectivity index (χ2n) is 4.05. The molecule has 0 bridgehead atoms. The van der Waals surface area contributed by atoms with Gasteiger partial charge in [0.25, 0.3) is 0 Å². The first-order valence-corrected chi connectivity index (χ1v) is 5.61. The predicted octanol–water partition coefficient (Wildman–Crippen LogP) is 0.0195. The fourth-order valence-corrected chi connectivity index (χ4v) is 1.55. The number of rotatable bonds is 6. The van der Waals surface area contributed by atoms with Gasteiger partial charge >= 0.3 is 0 Å². The average molecular weight is 240 g/mol. The highest BCUT2D eigenvalue weighted by atomic mass is 16.4. The summed E-state index contributed by atoms with van der Waals surface area (Å²) in [5.41, 5.74) is 5.56. The first-order valence-electron chi connectivity index (χ1n) is 5.61. The third-order valence-electron chi connectivity index (χ3n) is 2.77. The topological polar surface area (TPSA) is 92.6 Å². The van der Waals surface area contributed by atoms with Crippen LogP contribution in [0, 0.1) is 5.92 Å². The van der Waals surface area contributed by atoms with Gasteiger partial charge in [0.15, 0.2) is 0 Å². The van der Waals surface area contributed by atoms with E-state index in [9.17, 15) is 0 Å². The maximum Gasteiger partial charge on any atom is 0.143 e. The molecule has 1 atom stereocenters. The molecule has 0 aliphatic carbocycles. The summed E-state index contributed by atoms with van der Waals surface area (Å²) in [6.07, 6.45) is 1.54. The molecular formula is C10H20N6O. The van der Waals surface area contributed by atoms with Gasteiger partial charge in [-0.25, -0.2) is 4.98 Å². The fraction of sp³-hybridized carbons (Fsp3) is 0.700. The van der Waals surface area contributed by atoms with E-state index >= 15 is 0 Å². The van der Waals surface area contributed by atoms with Gasteiger partial charge in [0.2, 0.25) is 0 Å². The summed E-state index contributed by atoms with van der Waals surface area (Å²) >= 11 is 0. The van der Waals surface area contributed by atoms with E-state index in [4.69, 9.17) is 10.9 Å². The number of nitrogens with zero attached hydrogens (tertiary/aromatic N) is 5. The maximum atomic E-state index is 8.61. The van der Waals surface area contributed by atoms with Crippen molar-refractivity contribution in [1.29, 1.82) is 0 Å². The SMILES string of the molecule is CCN(Cc1ncnn1C)CC(C)C(N)=NO. The number of hydrogen-bond donors (Lipinski definition) is 2. The lowest BCUT2D eigenvalue weighted by Crippen LogP contribution is -2.35. The Morgan fingerprint density at radius 2 is 2.41 bits per heavy atom. The van der Waals surface area contributed by atoms with E-state index in [-0.39, 0.29) is 11.8 Å². The first-order chi connectivity index (χ1) is 8.08. The standard InChI is InChI=1S/C10H20N6O/c1-4-16(5-8(2)10(11)14-17)6-9-12-7-13-15(9)3/h7-8,17H,4-6H2,1-3H3,(H2,11,14). The summed E-state index contributed by atoms with van der Waals surface area (Å²) in [6.45, 7) is 6.29. The molecule has 1 aromatic heterocycles. The molecule has 0 aromatic carbocycles. The fourth-order valence-electron chi connectivity index (χ4n) is 1.55. The van der Waals surface area contributed by atoms with E-state index < -0.39 is 0 Å². The summed E-state index contributed by atoms with van der Waals surface area (Å²) < 4.78 is 1.75. The Kier molecular flexibility index (Phi) is 4.89. The van der Waals surface area contributed by atoms with E-state index in [1.807, 2.05) is 14.0 Å². The lowest BCUT2D eigenvalue weighted by Gasteiger charge is -2.22. The summed E-state index contributed by atoms with van der Waals surface area (Å²) in [7, 11) is 1.86. The summed E-state index contributed by atoms with van der Waals surface area (Å²) in [4.78, 5) is 6.35. The molecule has 0 aliphatic rings. The van der Waals surface area contributed by atoms with Crippen LogP contribution in [0.5, 0.6) is 0 Å². The Morgan fingerprint density at radius 3 is 2.88 bits per heavy atom. The van der Waals surface area contributed by atoms with Crippen LogP contribution in [0.25, 0.3) is 0 Å². The van der Waals surface area contributed by atoms with Gasteiger partial charge < -0.3 is 10.9 Å². The van der Waals surface area contributed by atoms with Crippen LogP contribution < -0.4 is 5.73 Å². The zero-order valence-electron chi connectivity index (χ0n) is 10.5. The summed E-state index contributed by atoms with van der Waals surface area (Å²) in [6, 6.07) is 0. The molecular weight excluding hydrogens is 220 g/mol. The Morgan fingerprint density at radius 1 is 1.71 bits per heavy atom. The van der Waals surface area contributed by atoms with E-state index in [2.05, 4.69) is 27.1 Å². The van der Waals surface area contributed by atoms with Gasteiger partial charge in [-0.3, -0.25) is 9.58 Å². The van der Waals surface area contributed by atoms with E-state index in [0.717, 1.165) is 18.9 Å². The van der Waals surface area contributed by atoms with Crippen LogP contribution in [-0.4, -0.2) is 43.8 Å². The molecule has 0 saturated carbocycles. The summed E-state index contributed by atoms with van der Waals surface area (Å²) in [5.74, 6) is 1.16. The molecule has 0 aliphatic heterocycles. The van der Waals surface area contributed by atoms with Crippen molar-refractivity contribution in [2.75, 3.05) is 13.1 Å². The van der Waals surface area contributed by atoms with Crippen LogP contribution in [0.4, 0.5) is 0 Å². The number of oxime groups is 1. The Hall–Kier alpha value is -1.63. The van der Waals surface area contributed by atoms with Crippen LogP contribution in [0.3, 0.4) is 0 Å².